The summed E-state index contributed by atoms with van der Waals surface area (Å²) in [6.45, 7) is -0.522. The van der Waals surface area contributed by atoms with E-state index in [-0.39, 0.29) is 9.53 Å². The van der Waals surface area contributed by atoms with Gasteiger partial charge in [0.2, 0.25) is 0 Å². The SMILES string of the molecule is OCc1nc(I)c(C(F)(F)F)[nH]1. The summed E-state index contributed by atoms with van der Waals surface area (Å²) in [6.07, 6.45) is -4.43. The average Bonchev–Trinajstić information content (AvgIpc) is 2.29. The van der Waals surface area contributed by atoms with Crippen molar-refractivity contribution < 1.29 is 18.3 Å². The Balaban J connectivity index is 3.08. The molecule has 0 aliphatic carbocycles. The highest BCUT2D eigenvalue weighted by Gasteiger charge is 2.35. The molecule has 0 unspecified atom stereocenters. The minimum atomic E-state index is -4.43. The summed E-state index contributed by atoms with van der Waals surface area (Å²) in [5.41, 5.74) is -0.910. The molecule has 68 valence electrons. The van der Waals surface area contributed by atoms with E-state index in [9.17, 15) is 13.2 Å². The summed E-state index contributed by atoms with van der Waals surface area (Å²) in [5, 5.41) is 8.48. The lowest BCUT2D eigenvalue weighted by Crippen LogP contribution is -2.07. The predicted octanol–water partition coefficient (Wildman–Crippen LogP) is 1.53. The van der Waals surface area contributed by atoms with Gasteiger partial charge in [-0.15, -0.1) is 0 Å². The molecule has 0 saturated heterocycles. The van der Waals surface area contributed by atoms with Gasteiger partial charge in [0.25, 0.3) is 0 Å². The van der Waals surface area contributed by atoms with Crippen molar-refractivity contribution in [3.05, 3.63) is 15.2 Å². The minimum Gasteiger partial charge on any atom is -0.388 e. The van der Waals surface area contributed by atoms with Crippen molar-refractivity contribution in [2.24, 2.45) is 0 Å². The second-order valence-corrected chi connectivity index (χ2v) is 3.03. The highest BCUT2D eigenvalue weighted by Crippen LogP contribution is 2.30. The Morgan fingerprint density at radius 3 is 2.33 bits per heavy atom. The Morgan fingerprint density at radius 1 is 1.50 bits per heavy atom. The number of aromatic amines is 1. The van der Waals surface area contributed by atoms with Crippen LogP contribution in [0.3, 0.4) is 0 Å². The van der Waals surface area contributed by atoms with Crippen LogP contribution in [-0.2, 0) is 12.8 Å². The van der Waals surface area contributed by atoms with Gasteiger partial charge in [0.15, 0.2) is 5.69 Å². The standard InChI is InChI=1S/C5H4F3IN2O/c6-5(7,8)3-4(9)11-2(1-12)10-3/h12H,1H2,(H,10,11). The molecule has 7 heteroatoms. The van der Waals surface area contributed by atoms with Crippen molar-refractivity contribution in [3.63, 3.8) is 0 Å². The summed E-state index contributed by atoms with van der Waals surface area (Å²) >= 11 is 1.46. The predicted molar refractivity (Wildman–Crippen MR) is 42.2 cm³/mol. The molecule has 3 nitrogen and oxygen atoms in total. The third-order valence-electron chi connectivity index (χ3n) is 1.14. The van der Waals surface area contributed by atoms with Crippen LogP contribution < -0.4 is 0 Å². The van der Waals surface area contributed by atoms with Crippen molar-refractivity contribution in [2.45, 2.75) is 12.8 Å². The zero-order chi connectivity index (χ0) is 9.35. The van der Waals surface area contributed by atoms with E-state index in [0.717, 1.165) is 0 Å². The molecule has 1 rings (SSSR count). The van der Waals surface area contributed by atoms with Gasteiger partial charge in [-0.05, 0) is 22.6 Å². The third-order valence-corrected chi connectivity index (χ3v) is 1.92. The number of alkyl halides is 3. The number of halogens is 4. The smallest absolute Gasteiger partial charge is 0.388 e. The third kappa shape index (κ3) is 1.89. The fourth-order valence-electron chi connectivity index (χ4n) is 0.661. The van der Waals surface area contributed by atoms with E-state index in [2.05, 4.69) is 4.98 Å². The number of nitrogens with one attached hydrogen (secondary N) is 1. The molecule has 1 aromatic heterocycles. The summed E-state index contributed by atoms with van der Waals surface area (Å²) in [7, 11) is 0. The van der Waals surface area contributed by atoms with Crippen molar-refractivity contribution in [1.29, 1.82) is 0 Å². The van der Waals surface area contributed by atoms with Gasteiger partial charge in [0.1, 0.15) is 16.1 Å². The van der Waals surface area contributed by atoms with E-state index >= 15 is 0 Å². The Morgan fingerprint density at radius 2 is 2.08 bits per heavy atom. The first kappa shape index (κ1) is 9.78. The van der Waals surface area contributed by atoms with Gasteiger partial charge in [-0.2, -0.15) is 13.2 Å². The molecule has 0 aromatic carbocycles. The number of aromatic nitrogens is 2. The first-order chi connectivity index (χ1) is 5.45. The molecule has 0 bridgehead atoms. The molecule has 1 heterocycles. The largest absolute Gasteiger partial charge is 0.433 e. The lowest BCUT2D eigenvalue weighted by molar-refractivity contribution is -0.141. The van der Waals surface area contributed by atoms with Gasteiger partial charge in [-0.3, -0.25) is 0 Å². The molecule has 0 aliphatic rings. The van der Waals surface area contributed by atoms with Crippen LogP contribution in [0.15, 0.2) is 0 Å². The molecular weight excluding hydrogens is 288 g/mol. The molecule has 0 saturated carbocycles. The number of H-pyrrole nitrogens is 1. The Kier molecular flexibility index (Phi) is 2.61. The number of nitrogens with zero attached hydrogens (tertiary/aromatic N) is 1. The highest BCUT2D eigenvalue weighted by atomic mass is 127. The highest BCUT2D eigenvalue weighted by molar-refractivity contribution is 14.1. The second-order valence-electron chi connectivity index (χ2n) is 2.01. The molecule has 0 amide bonds. The number of hydrogen-bond acceptors (Lipinski definition) is 2. The number of hydrogen-bond donors (Lipinski definition) is 2. The molecule has 0 fully saturated rings. The van der Waals surface area contributed by atoms with Crippen LogP contribution in [0.25, 0.3) is 0 Å². The van der Waals surface area contributed by atoms with Crippen molar-refractivity contribution in [2.75, 3.05) is 0 Å². The lowest BCUT2D eigenvalue weighted by atomic mass is 10.5. The fraction of sp³-hybridized carbons (Fsp3) is 0.400. The van der Waals surface area contributed by atoms with Gasteiger partial charge in [0, 0.05) is 0 Å². The van der Waals surface area contributed by atoms with Crippen LogP contribution in [0.1, 0.15) is 11.5 Å². The molecule has 0 radical (unpaired) electrons. The monoisotopic (exact) mass is 292 g/mol. The second kappa shape index (κ2) is 3.21. The van der Waals surface area contributed by atoms with Crippen LogP contribution in [0.4, 0.5) is 13.2 Å². The van der Waals surface area contributed by atoms with Gasteiger partial charge in [0.05, 0.1) is 0 Å². The van der Waals surface area contributed by atoms with E-state index in [0.29, 0.717) is 0 Å². The summed E-state index contributed by atoms with van der Waals surface area (Å²) in [6, 6.07) is 0. The summed E-state index contributed by atoms with van der Waals surface area (Å²) in [5.74, 6) is -0.0771. The minimum absolute atomic E-state index is 0.0771. The van der Waals surface area contributed by atoms with Crippen LogP contribution in [0.2, 0.25) is 0 Å². The summed E-state index contributed by atoms with van der Waals surface area (Å²) in [4.78, 5) is 5.43. The van der Waals surface area contributed by atoms with E-state index < -0.39 is 18.5 Å². The first-order valence-corrected chi connectivity index (χ1v) is 3.95. The van der Waals surface area contributed by atoms with Crippen molar-refractivity contribution >= 4 is 22.6 Å². The van der Waals surface area contributed by atoms with Crippen LogP contribution in [0.5, 0.6) is 0 Å². The lowest BCUT2D eigenvalue weighted by Gasteiger charge is -2.01. The van der Waals surface area contributed by atoms with Crippen LogP contribution in [0, 0.1) is 3.70 Å². The zero-order valence-corrected chi connectivity index (χ0v) is 7.77. The quantitative estimate of drug-likeness (QED) is 0.771. The Hall–Kier alpha value is -0.310. The molecule has 12 heavy (non-hydrogen) atoms. The Bertz CT molecular complexity index is 283. The molecular formula is C5H4F3IN2O. The number of imidazole rings is 1. The Labute approximate surface area is 79.1 Å². The van der Waals surface area contributed by atoms with Gasteiger partial charge in [-0.25, -0.2) is 4.98 Å². The number of aliphatic hydroxyl groups excluding tert-OH is 1. The molecule has 0 spiro atoms. The first-order valence-electron chi connectivity index (χ1n) is 2.87. The van der Waals surface area contributed by atoms with E-state index in [1.165, 1.54) is 22.6 Å². The maximum absolute atomic E-state index is 12.0. The summed E-state index contributed by atoms with van der Waals surface area (Å²) < 4.78 is 35.9. The van der Waals surface area contributed by atoms with E-state index in [1.54, 1.807) is 0 Å². The van der Waals surface area contributed by atoms with Gasteiger partial charge in [-0.1, -0.05) is 0 Å². The number of aliphatic hydroxyl groups is 1. The number of rotatable bonds is 1. The van der Waals surface area contributed by atoms with E-state index in [1.807, 2.05) is 4.98 Å². The molecule has 1 aromatic rings. The maximum atomic E-state index is 12.0. The van der Waals surface area contributed by atoms with Crippen molar-refractivity contribution in [1.82, 2.24) is 9.97 Å². The average molecular weight is 292 g/mol. The van der Waals surface area contributed by atoms with Gasteiger partial charge < -0.3 is 10.1 Å². The van der Waals surface area contributed by atoms with Gasteiger partial charge >= 0.3 is 6.18 Å². The normalized spacial score (nSPS) is 12.1. The topological polar surface area (TPSA) is 48.9 Å². The fourth-order valence-corrected chi connectivity index (χ4v) is 1.39. The molecule has 0 aliphatic heterocycles. The molecule has 2 N–H and O–H groups in total. The zero-order valence-electron chi connectivity index (χ0n) is 5.61. The molecule has 0 atom stereocenters. The van der Waals surface area contributed by atoms with Crippen molar-refractivity contribution in [3.8, 4) is 0 Å². The van der Waals surface area contributed by atoms with Crippen LogP contribution >= 0.6 is 22.6 Å². The van der Waals surface area contributed by atoms with Crippen LogP contribution in [-0.4, -0.2) is 15.1 Å². The van der Waals surface area contributed by atoms with E-state index in [4.69, 9.17) is 5.11 Å². The maximum Gasteiger partial charge on any atom is 0.433 e.